The molecule has 1 aliphatic heterocycles. The summed E-state index contributed by atoms with van der Waals surface area (Å²) in [6.45, 7) is 6.48. The fourth-order valence-electron chi connectivity index (χ4n) is 4.17. The second-order valence-electron chi connectivity index (χ2n) is 7.96. The molecule has 3 heterocycles. The van der Waals surface area contributed by atoms with Crippen molar-refractivity contribution in [1.82, 2.24) is 24.8 Å². The number of carbonyl (C=O) groups excluding carboxylic acids is 1. The molecule has 1 saturated heterocycles. The SMILES string of the molecule is CCn1c(=O)[nH]c2cc(CN3CCCN(c4ccc(C(=O)NC)nc4)CC3)ccc2c1=O. The maximum Gasteiger partial charge on any atom is 0.328 e. The molecule has 1 aromatic carbocycles. The van der Waals surface area contributed by atoms with E-state index in [2.05, 4.69) is 25.1 Å². The van der Waals surface area contributed by atoms with Gasteiger partial charge in [-0.1, -0.05) is 6.07 Å². The Kier molecular flexibility index (Phi) is 6.36. The number of hydrogen-bond donors (Lipinski definition) is 2. The third-order valence-electron chi connectivity index (χ3n) is 5.93. The Labute approximate surface area is 185 Å². The molecule has 3 aromatic rings. The number of fused-ring (bicyclic) bond motifs is 1. The van der Waals surface area contributed by atoms with Gasteiger partial charge in [0.1, 0.15) is 5.69 Å². The number of H-pyrrole nitrogens is 1. The lowest BCUT2D eigenvalue weighted by Gasteiger charge is -2.23. The third kappa shape index (κ3) is 4.43. The van der Waals surface area contributed by atoms with E-state index in [-0.39, 0.29) is 17.2 Å². The fraction of sp³-hybridized carbons (Fsp3) is 0.391. The van der Waals surface area contributed by atoms with E-state index < -0.39 is 0 Å². The molecule has 0 atom stereocenters. The van der Waals surface area contributed by atoms with Gasteiger partial charge >= 0.3 is 5.69 Å². The highest BCUT2D eigenvalue weighted by molar-refractivity contribution is 5.92. The zero-order valence-corrected chi connectivity index (χ0v) is 18.4. The highest BCUT2D eigenvalue weighted by atomic mass is 16.2. The summed E-state index contributed by atoms with van der Waals surface area (Å²) >= 11 is 0. The summed E-state index contributed by atoms with van der Waals surface area (Å²) in [6.07, 6.45) is 2.76. The molecular formula is C23H28N6O3. The molecule has 0 unspecified atom stereocenters. The molecule has 0 radical (unpaired) electrons. The quantitative estimate of drug-likeness (QED) is 0.623. The van der Waals surface area contributed by atoms with Crippen molar-refractivity contribution in [2.75, 3.05) is 38.1 Å². The van der Waals surface area contributed by atoms with Crippen LogP contribution in [-0.2, 0) is 13.1 Å². The number of aromatic amines is 1. The van der Waals surface area contributed by atoms with Gasteiger partial charge in [0.05, 0.1) is 22.8 Å². The van der Waals surface area contributed by atoms with Crippen LogP contribution in [0.2, 0.25) is 0 Å². The van der Waals surface area contributed by atoms with Crippen molar-refractivity contribution >= 4 is 22.5 Å². The molecule has 1 fully saturated rings. The Morgan fingerprint density at radius 2 is 1.97 bits per heavy atom. The van der Waals surface area contributed by atoms with E-state index in [1.807, 2.05) is 18.2 Å². The second-order valence-corrected chi connectivity index (χ2v) is 7.96. The van der Waals surface area contributed by atoms with Gasteiger partial charge in [0.25, 0.3) is 11.5 Å². The monoisotopic (exact) mass is 436 g/mol. The van der Waals surface area contributed by atoms with Crippen LogP contribution in [0.3, 0.4) is 0 Å². The van der Waals surface area contributed by atoms with E-state index in [9.17, 15) is 14.4 Å². The Balaban J connectivity index is 1.45. The van der Waals surface area contributed by atoms with Crippen LogP contribution in [0.15, 0.2) is 46.1 Å². The van der Waals surface area contributed by atoms with E-state index in [0.29, 0.717) is 23.1 Å². The van der Waals surface area contributed by atoms with Gasteiger partial charge in [-0.15, -0.1) is 0 Å². The summed E-state index contributed by atoms with van der Waals surface area (Å²) in [6, 6.07) is 9.36. The van der Waals surface area contributed by atoms with Gasteiger partial charge in [0.2, 0.25) is 0 Å². The molecule has 0 spiro atoms. The van der Waals surface area contributed by atoms with Gasteiger partial charge in [-0.2, -0.15) is 0 Å². The van der Waals surface area contributed by atoms with Gasteiger partial charge in [0, 0.05) is 46.3 Å². The molecular weight excluding hydrogens is 408 g/mol. The van der Waals surface area contributed by atoms with Crippen molar-refractivity contribution in [3.63, 3.8) is 0 Å². The molecule has 9 heteroatoms. The summed E-state index contributed by atoms with van der Waals surface area (Å²) in [4.78, 5) is 48.1. The van der Waals surface area contributed by atoms with Crippen molar-refractivity contribution in [2.24, 2.45) is 0 Å². The molecule has 9 nitrogen and oxygen atoms in total. The first-order valence-corrected chi connectivity index (χ1v) is 10.9. The Hall–Kier alpha value is -3.46. The van der Waals surface area contributed by atoms with Gasteiger partial charge < -0.3 is 15.2 Å². The normalized spacial score (nSPS) is 15.0. The zero-order chi connectivity index (χ0) is 22.7. The van der Waals surface area contributed by atoms with Crippen molar-refractivity contribution in [2.45, 2.75) is 26.4 Å². The number of nitrogens with one attached hydrogen (secondary N) is 2. The topological polar surface area (TPSA) is 103 Å². The second kappa shape index (κ2) is 9.35. The first-order chi connectivity index (χ1) is 15.5. The van der Waals surface area contributed by atoms with Crippen LogP contribution in [0.4, 0.5) is 5.69 Å². The Morgan fingerprint density at radius 3 is 2.69 bits per heavy atom. The molecule has 2 aromatic heterocycles. The van der Waals surface area contributed by atoms with Gasteiger partial charge in [-0.05, 0) is 43.2 Å². The summed E-state index contributed by atoms with van der Waals surface area (Å²) in [5.41, 5.74) is 2.44. The molecule has 1 amide bonds. The minimum atomic E-state index is -0.372. The van der Waals surface area contributed by atoms with E-state index in [0.717, 1.165) is 50.4 Å². The Morgan fingerprint density at radius 1 is 1.12 bits per heavy atom. The lowest BCUT2D eigenvalue weighted by atomic mass is 10.1. The number of carbonyl (C=O) groups is 1. The zero-order valence-electron chi connectivity index (χ0n) is 18.4. The summed E-state index contributed by atoms with van der Waals surface area (Å²) in [5.74, 6) is -0.191. The molecule has 2 N–H and O–H groups in total. The maximum atomic E-state index is 12.5. The van der Waals surface area contributed by atoms with Gasteiger partial charge in [-0.3, -0.25) is 19.1 Å². The molecule has 0 saturated carbocycles. The average molecular weight is 437 g/mol. The van der Waals surface area contributed by atoms with Crippen LogP contribution in [-0.4, -0.2) is 58.6 Å². The summed E-state index contributed by atoms with van der Waals surface area (Å²) in [5, 5.41) is 3.11. The fourth-order valence-corrected chi connectivity index (χ4v) is 4.17. The Bertz CT molecular complexity index is 1230. The lowest BCUT2D eigenvalue weighted by Crippen LogP contribution is -2.34. The van der Waals surface area contributed by atoms with E-state index in [4.69, 9.17) is 0 Å². The maximum absolute atomic E-state index is 12.5. The minimum Gasteiger partial charge on any atom is -0.369 e. The number of benzene rings is 1. The standard InChI is InChI=1S/C23H28N6O3/c1-3-29-22(31)18-7-5-16(13-20(18)26-23(29)32)15-27-9-4-10-28(12-11-27)17-6-8-19(25-14-17)21(30)24-2/h5-8,13-14H,3-4,9-12,15H2,1-2H3,(H,24,30)(H,26,32). The highest BCUT2D eigenvalue weighted by Gasteiger charge is 2.17. The van der Waals surface area contributed by atoms with Gasteiger partial charge in [0.15, 0.2) is 0 Å². The summed E-state index contributed by atoms with van der Waals surface area (Å²) < 4.78 is 1.21. The first-order valence-electron chi connectivity index (χ1n) is 10.9. The van der Waals surface area contributed by atoms with Crippen molar-refractivity contribution in [3.05, 3.63) is 68.6 Å². The number of aromatic nitrogens is 3. The van der Waals surface area contributed by atoms with Crippen LogP contribution in [0.25, 0.3) is 10.9 Å². The van der Waals surface area contributed by atoms with E-state index >= 15 is 0 Å². The number of rotatable bonds is 5. The van der Waals surface area contributed by atoms with Crippen LogP contribution >= 0.6 is 0 Å². The average Bonchev–Trinajstić information content (AvgIpc) is 3.04. The summed E-state index contributed by atoms with van der Waals surface area (Å²) in [7, 11) is 1.59. The van der Waals surface area contributed by atoms with Crippen LogP contribution in [0.5, 0.6) is 0 Å². The van der Waals surface area contributed by atoms with Crippen molar-refractivity contribution in [3.8, 4) is 0 Å². The highest BCUT2D eigenvalue weighted by Crippen LogP contribution is 2.18. The molecule has 1 aliphatic rings. The van der Waals surface area contributed by atoms with Crippen LogP contribution in [0.1, 0.15) is 29.4 Å². The number of pyridine rings is 1. The lowest BCUT2D eigenvalue weighted by molar-refractivity contribution is 0.0958. The van der Waals surface area contributed by atoms with E-state index in [1.165, 1.54) is 4.57 Å². The number of nitrogens with zero attached hydrogens (tertiary/aromatic N) is 4. The van der Waals surface area contributed by atoms with E-state index in [1.54, 1.807) is 32.3 Å². The largest absolute Gasteiger partial charge is 0.369 e. The molecule has 32 heavy (non-hydrogen) atoms. The molecule has 168 valence electrons. The predicted octanol–water partition coefficient (Wildman–Crippen LogP) is 1.18. The van der Waals surface area contributed by atoms with Crippen LogP contribution in [0, 0.1) is 0 Å². The number of amides is 1. The number of hydrogen-bond acceptors (Lipinski definition) is 6. The molecule has 0 bridgehead atoms. The molecule has 0 aliphatic carbocycles. The minimum absolute atomic E-state index is 0.191. The smallest absolute Gasteiger partial charge is 0.328 e. The number of anilines is 1. The van der Waals surface area contributed by atoms with Crippen molar-refractivity contribution < 1.29 is 4.79 Å². The predicted molar refractivity (Wildman–Crippen MR) is 124 cm³/mol. The molecule has 4 rings (SSSR count). The first kappa shape index (κ1) is 21.8. The third-order valence-corrected chi connectivity index (χ3v) is 5.93. The van der Waals surface area contributed by atoms with Crippen LogP contribution < -0.4 is 21.5 Å². The van der Waals surface area contributed by atoms with Crippen molar-refractivity contribution in [1.29, 1.82) is 0 Å². The van der Waals surface area contributed by atoms with Gasteiger partial charge in [-0.25, -0.2) is 9.78 Å².